The number of nitrogens with zero attached hydrogens (tertiary/aromatic N) is 4. The Labute approximate surface area is 262 Å². The zero-order chi connectivity index (χ0) is 32.1. The van der Waals surface area contributed by atoms with E-state index in [1.165, 1.54) is 6.07 Å². The van der Waals surface area contributed by atoms with Crippen LogP contribution in [0.1, 0.15) is 70.9 Å². The van der Waals surface area contributed by atoms with Gasteiger partial charge in [0, 0.05) is 32.5 Å². The highest BCUT2D eigenvalue weighted by molar-refractivity contribution is 6.30. The number of nitrogens with one attached hydrogen (secondary N) is 1. The molecule has 2 amide bonds. The van der Waals surface area contributed by atoms with Crippen molar-refractivity contribution in [2.24, 2.45) is 11.8 Å². The van der Waals surface area contributed by atoms with Crippen LogP contribution in [0.3, 0.4) is 0 Å². The second-order valence-corrected chi connectivity index (χ2v) is 13.5. The molecule has 242 valence electrons. The number of benzene rings is 1. The predicted octanol–water partition coefficient (Wildman–Crippen LogP) is 6.45. The van der Waals surface area contributed by atoms with E-state index in [0.29, 0.717) is 29.2 Å². The van der Waals surface area contributed by atoms with Crippen molar-refractivity contribution >= 4 is 29.5 Å². The van der Waals surface area contributed by atoms with Crippen molar-refractivity contribution < 1.29 is 27.5 Å². The highest BCUT2D eigenvalue weighted by atomic mass is 35.5. The van der Waals surface area contributed by atoms with Gasteiger partial charge in [-0.2, -0.15) is 0 Å². The van der Waals surface area contributed by atoms with Crippen molar-refractivity contribution in [2.45, 2.75) is 90.2 Å². The Balaban J connectivity index is 1.29. The SMILES string of the molecule is CC(CCCc1ccc(C[C@H](NC(=O)OC(C)(C)C)C(=O)N2CCC(F)(F)C2)c(F)c1)C1CCN(c2ncc(Cl)cn2)CC1. The lowest BCUT2D eigenvalue weighted by atomic mass is 9.82. The quantitative estimate of drug-likeness (QED) is 0.322. The summed E-state index contributed by atoms with van der Waals surface area (Å²) in [4.78, 5) is 37.5. The molecular weight excluding hydrogens is 595 g/mol. The molecule has 12 heteroatoms. The van der Waals surface area contributed by atoms with Gasteiger partial charge in [-0.25, -0.2) is 27.9 Å². The number of carbonyl (C=O) groups is 2. The number of rotatable bonds is 10. The number of halogens is 4. The lowest BCUT2D eigenvalue weighted by Gasteiger charge is -2.35. The van der Waals surface area contributed by atoms with E-state index in [4.69, 9.17) is 16.3 Å². The van der Waals surface area contributed by atoms with Gasteiger partial charge >= 0.3 is 6.09 Å². The summed E-state index contributed by atoms with van der Waals surface area (Å²) in [6.45, 7) is 8.22. The highest BCUT2D eigenvalue weighted by Crippen LogP contribution is 2.30. The molecule has 8 nitrogen and oxygen atoms in total. The zero-order valence-electron chi connectivity index (χ0n) is 25.9. The Morgan fingerprint density at radius 1 is 1.16 bits per heavy atom. The zero-order valence-corrected chi connectivity index (χ0v) is 26.7. The van der Waals surface area contributed by atoms with Crippen molar-refractivity contribution in [1.29, 1.82) is 0 Å². The molecule has 0 aliphatic carbocycles. The van der Waals surface area contributed by atoms with Crippen molar-refractivity contribution in [3.8, 4) is 0 Å². The van der Waals surface area contributed by atoms with Gasteiger partial charge in [0.15, 0.2) is 0 Å². The standard InChI is InChI=1S/C32H43ClF3N5O3/c1-21(23-10-13-40(14-11-23)29-37-18-25(33)19-38-29)6-5-7-22-8-9-24(26(34)16-22)17-27(39-30(43)44-31(2,3)4)28(42)41-15-12-32(35,36)20-41/h8-9,16,18-19,21,23,27H,5-7,10-15,17,20H2,1-4H3,(H,39,43)/t21?,27-/m0/s1. The second kappa shape index (κ2) is 14.3. The van der Waals surface area contributed by atoms with E-state index in [1.807, 2.05) is 6.07 Å². The van der Waals surface area contributed by atoms with Gasteiger partial charge in [-0.3, -0.25) is 4.79 Å². The van der Waals surface area contributed by atoms with Crippen LogP contribution in [0, 0.1) is 17.7 Å². The van der Waals surface area contributed by atoms with Crippen LogP contribution < -0.4 is 10.2 Å². The van der Waals surface area contributed by atoms with Crippen LogP contribution in [0.5, 0.6) is 0 Å². The Bertz CT molecular complexity index is 1280. The van der Waals surface area contributed by atoms with E-state index in [9.17, 15) is 18.4 Å². The van der Waals surface area contributed by atoms with Crippen LogP contribution >= 0.6 is 11.6 Å². The average Bonchev–Trinajstić information content (AvgIpc) is 3.32. The molecule has 0 bridgehead atoms. The van der Waals surface area contributed by atoms with E-state index in [0.717, 1.165) is 49.2 Å². The number of amides is 2. The fourth-order valence-corrected chi connectivity index (χ4v) is 6.02. The number of alkyl halides is 2. The molecule has 2 aromatic rings. The van der Waals surface area contributed by atoms with E-state index >= 15 is 4.39 Å². The average molecular weight is 638 g/mol. The van der Waals surface area contributed by atoms with Crippen LogP contribution in [0.4, 0.5) is 23.9 Å². The minimum absolute atomic E-state index is 0.131. The Kier molecular flexibility index (Phi) is 11.0. The second-order valence-electron chi connectivity index (χ2n) is 13.1. The Morgan fingerprint density at radius 3 is 2.43 bits per heavy atom. The van der Waals surface area contributed by atoms with Gasteiger partial charge in [0.25, 0.3) is 5.92 Å². The molecule has 44 heavy (non-hydrogen) atoms. The highest BCUT2D eigenvalue weighted by Gasteiger charge is 2.42. The first-order chi connectivity index (χ1) is 20.7. The van der Waals surface area contributed by atoms with Gasteiger partial charge in [0.1, 0.15) is 17.5 Å². The smallest absolute Gasteiger partial charge is 0.408 e. The molecular formula is C32H43ClF3N5O3. The Hall–Kier alpha value is -3.08. The maximum Gasteiger partial charge on any atom is 0.408 e. The molecule has 2 saturated heterocycles. The summed E-state index contributed by atoms with van der Waals surface area (Å²) >= 11 is 5.90. The number of aromatic nitrogens is 2. The van der Waals surface area contributed by atoms with Crippen molar-refractivity contribution in [2.75, 3.05) is 31.1 Å². The third kappa shape index (κ3) is 9.71. The molecule has 0 radical (unpaired) electrons. The van der Waals surface area contributed by atoms with Crippen LogP contribution in [0.25, 0.3) is 0 Å². The lowest BCUT2D eigenvalue weighted by Crippen LogP contribution is -2.50. The van der Waals surface area contributed by atoms with Crippen LogP contribution in [-0.2, 0) is 22.4 Å². The monoisotopic (exact) mass is 637 g/mol. The lowest BCUT2D eigenvalue weighted by molar-refractivity contribution is -0.133. The van der Waals surface area contributed by atoms with Gasteiger partial charge in [-0.1, -0.05) is 37.1 Å². The number of ether oxygens (including phenoxy) is 1. The van der Waals surface area contributed by atoms with Gasteiger partial charge in [0.05, 0.1) is 24.0 Å². The largest absolute Gasteiger partial charge is 0.444 e. The number of carbonyl (C=O) groups excluding carboxylic acids is 2. The maximum atomic E-state index is 15.2. The summed E-state index contributed by atoms with van der Waals surface area (Å²) in [5.41, 5.74) is 0.237. The van der Waals surface area contributed by atoms with E-state index in [1.54, 1.807) is 39.2 Å². The van der Waals surface area contributed by atoms with Crippen LogP contribution in [0.2, 0.25) is 5.02 Å². The van der Waals surface area contributed by atoms with E-state index < -0.39 is 48.3 Å². The number of likely N-dealkylation sites (tertiary alicyclic amines) is 1. The molecule has 3 heterocycles. The third-order valence-corrected chi connectivity index (χ3v) is 8.57. The summed E-state index contributed by atoms with van der Waals surface area (Å²) in [6, 6.07) is 3.66. The number of hydrogen-bond acceptors (Lipinski definition) is 6. The molecule has 1 aromatic heterocycles. The van der Waals surface area contributed by atoms with Gasteiger partial charge < -0.3 is 19.9 Å². The minimum Gasteiger partial charge on any atom is -0.444 e. The number of anilines is 1. The maximum absolute atomic E-state index is 15.2. The summed E-state index contributed by atoms with van der Waals surface area (Å²) in [7, 11) is 0. The van der Waals surface area contributed by atoms with Gasteiger partial charge in [0.2, 0.25) is 11.9 Å². The Morgan fingerprint density at radius 2 is 1.84 bits per heavy atom. The van der Waals surface area contributed by atoms with Crippen molar-refractivity contribution in [3.63, 3.8) is 0 Å². The fraction of sp³-hybridized carbons (Fsp3) is 0.625. The fourth-order valence-electron chi connectivity index (χ4n) is 5.93. The van der Waals surface area contributed by atoms with Gasteiger partial charge in [-0.05, 0) is 75.5 Å². The predicted molar refractivity (Wildman–Crippen MR) is 163 cm³/mol. The molecule has 2 atom stereocenters. The molecule has 4 rings (SSSR count). The molecule has 1 aromatic carbocycles. The van der Waals surface area contributed by atoms with E-state index in [2.05, 4.69) is 27.1 Å². The number of hydrogen-bond donors (Lipinski definition) is 1. The van der Waals surface area contributed by atoms with Crippen molar-refractivity contribution in [1.82, 2.24) is 20.2 Å². The molecule has 0 saturated carbocycles. The summed E-state index contributed by atoms with van der Waals surface area (Å²) in [6.07, 6.45) is 6.49. The molecule has 1 unspecified atom stereocenters. The first kappa shape index (κ1) is 33.8. The summed E-state index contributed by atoms with van der Waals surface area (Å²) in [5, 5.41) is 3.00. The number of aryl methyl sites for hydroxylation is 1. The normalized spacial score (nSPS) is 18.6. The minimum atomic E-state index is -2.99. The summed E-state index contributed by atoms with van der Waals surface area (Å²) < 4.78 is 48.1. The van der Waals surface area contributed by atoms with Gasteiger partial charge in [-0.15, -0.1) is 0 Å². The molecule has 1 N–H and O–H groups in total. The van der Waals surface area contributed by atoms with Crippen LogP contribution in [0.15, 0.2) is 30.6 Å². The van der Waals surface area contributed by atoms with E-state index in [-0.39, 0.29) is 18.5 Å². The summed E-state index contributed by atoms with van der Waals surface area (Å²) in [5.74, 6) is -2.34. The van der Waals surface area contributed by atoms with Crippen molar-refractivity contribution in [3.05, 3.63) is 52.6 Å². The molecule has 2 aliphatic rings. The molecule has 0 spiro atoms. The first-order valence-electron chi connectivity index (χ1n) is 15.3. The number of piperidine rings is 1. The third-order valence-electron chi connectivity index (χ3n) is 8.37. The van der Waals surface area contributed by atoms with Crippen LogP contribution in [-0.4, -0.2) is 70.6 Å². The topological polar surface area (TPSA) is 87.7 Å². The molecule has 2 aliphatic heterocycles. The first-order valence-corrected chi connectivity index (χ1v) is 15.7. The number of alkyl carbamates (subject to hydrolysis) is 1. The molecule has 2 fully saturated rings.